The van der Waals surface area contributed by atoms with Crippen molar-refractivity contribution in [3.8, 4) is 17.2 Å². The molecule has 0 amide bonds. The third-order valence-electron chi connectivity index (χ3n) is 5.60. The molecule has 1 N–H and O–H groups in total. The molecule has 0 aliphatic carbocycles. The van der Waals surface area contributed by atoms with Crippen molar-refractivity contribution in [2.24, 2.45) is 0 Å². The molecule has 4 aromatic heterocycles. The lowest BCUT2D eigenvalue weighted by atomic mass is 10.2. The van der Waals surface area contributed by atoms with Crippen molar-refractivity contribution in [1.82, 2.24) is 39.7 Å². The van der Waals surface area contributed by atoms with Crippen molar-refractivity contribution in [1.29, 1.82) is 0 Å². The lowest BCUT2D eigenvalue weighted by Crippen LogP contribution is -2.07. The van der Waals surface area contributed by atoms with Crippen LogP contribution >= 0.6 is 15.9 Å². The molecular weight excluding hydrogens is 468 g/mol. The van der Waals surface area contributed by atoms with Crippen molar-refractivity contribution in [3.63, 3.8) is 0 Å². The first-order valence-electron chi connectivity index (χ1n) is 10.7. The van der Waals surface area contributed by atoms with Crippen molar-refractivity contribution in [3.05, 3.63) is 70.2 Å². The van der Waals surface area contributed by atoms with Gasteiger partial charge in [-0.1, -0.05) is 19.4 Å². The minimum atomic E-state index is 0.554. The second-order valence-corrected chi connectivity index (χ2v) is 8.66. The van der Waals surface area contributed by atoms with Gasteiger partial charge in [0.15, 0.2) is 5.65 Å². The molecule has 5 aromatic rings. The summed E-state index contributed by atoms with van der Waals surface area (Å²) >= 11 is 3.77. The van der Waals surface area contributed by atoms with E-state index in [-0.39, 0.29) is 0 Å². The van der Waals surface area contributed by atoms with Gasteiger partial charge < -0.3 is 9.13 Å². The van der Waals surface area contributed by atoms with Gasteiger partial charge in [0.25, 0.3) is 0 Å². The fraction of sp³-hybridized carbons (Fsp3) is 0.261. The molecule has 1 aromatic carbocycles. The normalized spacial score (nSPS) is 11.5. The van der Waals surface area contributed by atoms with Gasteiger partial charge in [0.2, 0.25) is 5.82 Å². The van der Waals surface area contributed by atoms with E-state index in [1.807, 2.05) is 35.2 Å². The maximum atomic E-state index is 4.93. The minimum Gasteiger partial charge on any atom is -0.313 e. The fourth-order valence-corrected chi connectivity index (χ4v) is 4.56. The molecule has 0 saturated carbocycles. The van der Waals surface area contributed by atoms with Gasteiger partial charge in [-0.25, -0.2) is 9.97 Å². The third kappa shape index (κ3) is 3.73. The second kappa shape index (κ2) is 8.66. The van der Waals surface area contributed by atoms with Gasteiger partial charge in [0, 0.05) is 23.3 Å². The number of tetrazole rings is 1. The maximum Gasteiger partial charge on any atom is 0.221 e. The average Bonchev–Trinajstić information content (AvgIpc) is 3.53. The first-order valence-corrected chi connectivity index (χ1v) is 11.5. The zero-order valence-corrected chi connectivity index (χ0v) is 19.5. The minimum absolute atomic E-state index is 0.554. The standard InChI is InChI=1S/C23H23BrN8/c1-3-4-7-20-26-21-15(2)10-11-25-23(21)32(20)14-16-8-9-18(17(24)13-16)31-12-5-6-19(31)22-27-29-30-28-22/h5-6,8-13H,3-4,7,14H2,1-2H3,(H,27,28,29,30). The van der Waals surface area contributed by atoms with Crippen LogP contribution in [0.25, 0.3) is 28.4 Å². The van der Waals surface area contributed by atoms with E-state index in [1.165, 1.54) is 5.56 Å². The van der Waals surface area contributed by atoms with Crippen LogP contribution in [0, 0.1) is 6.92 Å². The molecule has 162 valence electrons. The highest BCUT2D eigenvalue weighted by molar-refractivity contribution is 9.10. The Labute approximate surface area is 193 Å². The predicted octanol–water partition coefficient (Wildman–Crippen LogP) is 4.86. The maximum absolute atomic E-state index is 4.93. The number of benzene rings is 1. The number of H-pyrrole nitrogens is 1. The highest BCUT2D eigenvalue weighted by atomic mass is 79.9. The Balaban J connectivity index is 1.51. The van der Waals surface area contributed by atoms with E-state index in [0.29, 0.717) is 12.4 Å². The van der Waals surface area contributed by atoms with Gasteiger partial charge in [-0.3, -0.25) is 0 Å². The van der Waals surface area contributed by atoms with Crippen LogP contribution < -0.4 is 0 Å². The topological polar surface area (TPSA) is 90.1 Å². The Hall–Kier alpha value is -3.33. The second-order valence-electron chi connectivity index (χ2n) is 7.80. The van der Waals surface area contributed by atoms with Gasteiger partial charge in [-0.2, -0.15) is 5.21 Å². The summed E-state index contributed by atoms with van der Waals surface area (Å²) < 4.78 is 5.28. The van der Waals surface area contributed by atoms with Crippen molar-refractivity contribution >= 4 is 27.1 Å². The summed E-state index contributed by atoms with van der Waals surface area (Å²) in [4.78, 5) is 9.58. The average molecular weight is 491 g/mol. The van der Waals surface area contributed by atoms with Gasteiger partial charge >= 0.3 is 0 Å². The molecule has 4 heterocycles. The van der Waals surface area contributed by atoms with Crippen molar-refractivity contribution in [2.45, 2.75) is 39.7 Å². The molecule has 0 aliphatic heterocycles. The molecule has 0 atom stereocenters. The number of pyridine rings is 1. The number of rotatable bonds is 7. The first-order chi connectivity index (χ1) is 15.7. The summed E-state index contributed by atoms with van der Waals surface area (Å²) in [7, 11) is 0. The Kier molecular flexibility index (Phi) is 5.57. The summed E-state index contributed by atoms with van der Waals surface area (Å²) in [5.41, 5.74) is 6.15. The molecule has 5 rings (SSSR count). The van der Waals surface area contributed by atoms with Crippen LogP contribution in [0.3, 0.4) is 0 Å². The molecule has 0 fully saturated rings. The Morgan fingerprint density at radius 1 is 1.16 bits per heavy atom. The number of fused-ring (bicyclic) bond motifs is 1. The number of hydrogen-bond donors (Lipinski definition) is 1. The molecule has 0 saturated heterocycles. The number of unbranched alkanes of at least 4 members (excludes halogenated alkanes) is 1. The molecule has 0 unspecified atom stereocenters. The van der Waals surface area contributed by atoms with Gasteiger partial charge in [-0.05, 0) is 75.9 Å². The van der Waals surface area contributed by atoms with Crippen LogP contribution in [0.5, 0.6) is 0 Å². The largest absolute Gasteiger partial charge is 0.313 e. The van der Waals surface area contributed by atoms with Crippen LogP contribution in [0.4, 0.5) is 0 Å². The SMILES string of the molecule is CCCCc1nc2c(C)ccnc2n1Cc1ccc(-n2cccc2-c2nn[nH]n2)c(Br)c1. The number of hydrogen-bond acceptors (Lipinski definition) is 5. The summed E-state index contributed by atoms with van der Waals surface area (Å²) in [5.74, 6) is 1.64. The summed E-state index contributed by atoms with van der Waals surface area (Å²) in [6, 6.07) is 12.4. The van der Waals surface area contributed by atoms with Crippen molar-refractivity contribution < 1.29 is 0 Å². The van der Waals surface area contributed by atoms with Crippen LogP contribution in [0.2, 0.25) is 0 Å². The Morgan fingerprint density at radius 2 is 2.06 bits per heavy atom. The fourth-order valence-electron chi connectivity index (χ4n) is 3.95. The zero-order chi connectivity index (χ0) is 22.1. The van der Waals surface area contributed by atoms with Crippen LogP contribution in [-0.2, 0) is 13.0 Å². The molecule has 0 aliphatic rings. The summed E-state index contributed by atoms with van der Waals surface area (Å²) in [5, 5.41) is 14.4. The molecule has 9 heteroatoms. The number of imidazole rings is 1. The lowest BCUT2D eigenvalue weighted by molar-refractivity contribution is 0.686. The first kappa shape index (κ1) is 20.6. The van der Waals surface area contributed by atoms with E-state index < -0.39 is 0 Å². The Bertz CT molecular complexity index is 1370. The van der Waals surface area contributed by atoms with E-state index in [9.17, 15) is 0 Å². The molecule has 8 nitrogen and oxygen atoms in total. The van der Waals surface area contributed by atoms with E-state index >= 15 is 0 Å². The number of nitrogens with zero attached hydrogens (tertiary/aromatic N) is 7. The van der Waals surface area contributed by atoms with E-state index in [4.69, 9.17) is 4.98 Å². The third-order valence-corrected chi connectivity index (χ3v) is 6.24. The number of aryl methyl sites for hydroxylation is 2. The van der Waals surface area contributed by atoms with Crippen LogP contribution in [-0.4, -0.2) is 39.7 Å². The van der Waals surface area contributed by atoms with Crippen molar-refractivity contribution in [2.75, 3.05) is 0 Å². The lowest BCUT2D eigenvalue weighted by Gasteiger charge is -2.13. The monoisotopic (exact) mass is 490 g/mol. The quantitative estimate of drug-likeness (QED) is 0.351. The van der Waals surface area contributed by atoms with Gasteiger partial charge in [-0.15, -0.1) is 10.2 Å². The van der Waals surface area contributed by atoms with Gasteiger partial charge in [0.05, 0.1) is 17.9 Å². The summed E-state index contributed by atoms with van der Waals surface area (Å²) in [6.07, 6.45) is 7.05. The van der Waals surface area contributed by atoms with Crippen LogP contribution in [0.1, 0.15) is 36.7 Å². The Morgan fingerprint density at radius 3 is 2.84 bits per heavy atom. The van der Waals surface area contributed by atoms with E-state index in [2.05, 4.69) is 78.2 Å². The van der Waals surface area contributed by atoms with E-state index in [1.54, 1.807) is 0 Å². The van der Waals surface area contributed by atoms with Crippen LogP contribution in [0.15, 0.2) is 53.3 Å². The molecule has 0 bridgehead atoms. The smallest absolute Gasteiger partial charge is 0.221 e. The molecule has 0 radical (unpaired) electrons. The highest BCUT2D eigenvalue weighted by Gasteiger charge is 2.16. The number of aromatic nitrogens is 8. The highest BCUT2D eigenvalue weighted by Crippen LogP contribution is 2.28. The number of aromatic amines is 1. The van der Waals surface area contributed by atoms with Gasteiger partial charge in [0.1, 0.15) is 11.3 Å². The molecular formula is C23H23BrN8. The summed E-state index contributed by atoms with van der Waals surface area (Å²) in [6.45, 7) is 5.01. The molecule has 32 heavy (non-hydrogen) atoms. The number of nitrogens with one attached hydrogen (secondary N) is 1. The zero-order valence-electron chi connectivity index (χ0n) is 18.0. The molecule has 0 spiro atoms. The predicted molar refractivity (Wildman–Crippen MR) is 127 cm³/mol. The number of halogens is 1. The van der Waals surface area contributed by atoms with E-state index in [0.717, 1.165) is 57.7 Å².